The van der Waals surface area contributed by atoms with E-state index in [1.54, 1.807) is 13.0 Å². The van der Waals surface area contributed by atoms with Gasteiger partial charge in [-0.15, -0.1) is 10.2 Å². The first-order valence-corrected chi connectivity index (χ1v) is 15.5. The molecule has 1 aromatic rings. The minimum atomic E-state index is -1.00. The summed E-state index contributed by atoms with van der Waals surface area (Å²) in [6.45, 7) is 7.40. The number of hydrogen-bond acceptors (Lipinski definition) is 12. The van der Waals surface area contributed by atoms with Crippen LogP contribution in [0.25, 0.3) is 0 Å². The molecule has 0 amide bonds. The van der Waals surface area contributed by atoms with Crippen molar-refractivity contribution in [2.24, 2.45) is 29.6 Å². The molecule has 3 heterocycles. The summed E-state index contributed by atoms with van der Waals surface area (Å²) in [6, 6.07) is 0. The van der Waals surface area contributed by atoms with Gasteiger partial charge in [-0.3, -0.25) is 4.79 Å². The number of ether oxygens (including phenoxy) is 5. The number of nitrogens with one attached hydrogen (secondary N) is 1. The highest BCUT2D eigenvalue weighted by molar-refractivity contribution is 5.90. The molecule has 3 unspecified atom stereocenters. The van der Waals surface area contributed by atoms with Crippen molar-refractivity contribution in [1.29, 1.82) is 0 Å². The number of hydrogen-bond donors (Lipinski definition) is 2. The van der Waals surface area contributed by atoms with Gasteiger partial charge in [0.05, 0.1) is 6.10 Å². The van der Waals surface area contributed by atoms with E-state index in [2.05, 4.69) is 20.6 Å². The van der Waals surface area contributed by atoms with E-state index in [9.17, 15) is 19.5 Å². The van der Waals surface area contributed by atoms with E-state index < -0.39 is 72.0 Å². The maximum Gasteiger partial charge on any atom is 0.335 e. The molecule has 2 fully saturated rings. The molecule has 6 rings (SSSR count). The zero-order chi connectivity index (χ0) is 32.0. The summed E-state index contributed by atoms with van der Waals surface area (Å²) in [5.74, 6) is -3.14. The number of esters is 3. The number of tetrazole rings is 1. The number of nitrogens with zero attached hydrogens (tertiary/aromatic N) is 3. The molecule has 0 radical (unpaired) electrons. The molecule has 13 heteroatoms. The van der Waals surface area contributed by atoms with Crippen molar-refractivity contribution in [3.8, 4) is 0 Å². The maximum absolute atomic E-state index is 13.5. The lowest BCUT2D eigenvalue weighted by atomic mass is 9.57. The maximum atomic E-state index is 13.5. The van der Waals surface area contributed by atoms with Gasteiger partial charge in [0.1, 0.15) is 36.4 Å². The predicted molar refractivity (Wildman–Crippen MR) is 156 cm³/mol. The summed E-state index contributed by atoms with van der Waals surface area (Å²) in [6.07, 6.45) is 7.39. The van der Waals surface area contributed by atoms with Crippen LogP contribution in [0.1, 0.15) is 46.4 Å². The van der Waals surface area contributed by atoms with Gasteiger partial charge in [-0.1, -0.05) is 55.5 Å². The topological polar surface area (TPSA) is 172 Å². The quantitative estimate of drug-likeness (QED) is 0.257. The largest absolute Gasteiger partial charge is 0.458 e. The first kappa shape index (κ1) is 31.3. The average Bonchev–Trinajstić information content (AvgIpc) is 3.76. The summed E-state index contributed by atoms with van der Waals surface area (Å²) >= 11 is 0. The molecule has 1 saturated carbocycles. The molecule has 1 spiro atoms. The minimum Gasteiger partial charge on any atom is -0.458 e. The Balaban J connectivity index is 1.32. The molecule has 1 aromatic heterocycles. The van der Waals surface area contributed by atoms with E-state index in [1.165, 1.54) is 7.11 Å². The fourth-order valence-corrected chi connectivity index (χ4v) is 7.99. The first-order chi connectivity index (χ1) is 21.5. The van der Waals surface area contributed by atoms with E-state index in [-0.39, 0.29) is 36.4 Å². The van der Waals surface area contributed by atoms with Crippen LogP contribution in [0.5, 0.6) is 0 Å². The van der Waals surface area contributed by atoms with Crippen molar-refractivity contribution in [3.63, 3.8) is 0 Å². The molecule has 3 aliphatic carbocycles. The second-order valence-electron chi connectivity index (χ2n) is 12.8. The normalized spacial score (nSPS) is 40.4. The molecule has 13 nitrogen and oxygen atoms in total. The Morgan fingerprint density at radius 1 is 1.27 bits per heavy atom. The SMILES string of the molecule is CO[C@H]1C[C@H]2C=CC3C4C(O)[C@@H](C)[C@@H](OC(=O)C5=CC=CC5)[C@@H]3O[C@]42/C(C)=C/[C@@H](C)[C@@H]([C@@H](C)OC(=O)Cc2nn[nH]n2)OC1=O. The van der Waals surface area contributed by atoms with Gasteiger partial charge in [0.15, 0.2) is 11.9 Å². The van der Waals surface area contributed by atoms with Crippen molar-refractivity contribution in [2.75, 3.05) is 7.11 Å². The Morgan fingerprint density at radius 3 is 2.76 bits per heavy atom. The summed E-state index contributed by atoms with van der Waals surface area (Å²) < 4.78 is 30.4. The Labute approximate surface area is 261 Å². The van der Waals surface area contributed by atoms with Crippen LogP contribution in [0.2, 0.25) is 0 Å². The van der Waals surface area contributed by atoms with Crippen molar-refractivity contribution >= 4 is 17.9 Å². The molecule has 45 heavy (non-hydrogen) atoms. The average molecular weight is 625 g/mol. The molecule has 5 aliphatic rings. The molecule has 1 saturated heterocycles. The van der Waals surface area contributed by atoms with Gasteiger partial charge < -0.3 is 28.8 Å². The van der Waals surface area contributed by atoms with Crippen LogP contribution >= 0.6 is 0 Å². The number of carbonyl (C=O) groups is 3. The van der Waals surface area contributed by atoms with Gasteiger partial charge in [-0.25, -0.2) is 9.59 Å². The van der Waals surface area contributed by atoms with Crippen LogP contribution in [-0.4, -0.2) is 93.0 Å². The lowest BCUT2D eigenvalue weighted by Gasteiger charge is -2.49. The van der Waals surface area contributed by atoms with Crippen molar-refractivity contribution in [3.05, 3.63) is 53.4 Å². The number of methoxy groups -OCH3 is 1. The van der Waals surface area contributed by atoms with Crippen molar-refractivity contribution in [1.82, 2.24) is 20.6 Å². The molecule has 4 bridgehead atoms. The van der Waals surface area contributed by atoms with Crippen molar-refractivity contribution in [2.45, 2.75) is 89.2 Å². The number of allylic oxidation sites excluding steroid dienone is 3. The molecular weight excluding hydrogens is 584 g/mol. The summed E-state index contributed by atoms with van der Waals surface area (Å²) in [4.78, 5) is 39.3. The monoisotopic (exact) mass is 624 g/mol. The van der Waals surface area contributed by atoms with E-state index in [1.807, 2.05) is 51.2 Å². The Kier molecular flexibility index (Phi) is 8.53. The molecule has 2 N–H and O–H groups in total. The number of rotatable bonds is 7. The molecule has 0 aromatic carbocycles. The third-order valence-corrected chi connectivity index (χ3v) is 10.1. The van der Waals surface area contributed by atoms with Crippen LogP contribution in [0, 0.1) is 29.6 Å². The van der Waals surface area contributed by atoms with Gasteiger partial charge in [-0.05, 0) is 32.3 Å². The second kappa shape index (κ2) is 12.3. The Bertz CT molecular complexity index is 1440. The first-order valence-electron chi connectivity index (χ1n) is 15.5. The molecule has 2 aliphatic heterocycles. The number of carbonyl (C=O) groups excluding carboxylic acids is 3. The third-order valence-electron chi connectivity index (χ3n) is 10.1. The number of cyclic esters (lactones) is 1. The van der Waals surface area contributed by atoms with Gasteiger partial charge >= 0.3 is 17.9 Å². The third kappa shape index (κ3) is 5.44. The lowest BCUT2D eigenvalue weighted by Crippen LogP contribution is -2.57. The Hall–Kier alpha value is -3.68. The van der Waals surface area contributed by atoms with Gasteiger partial charge in [0.2, 0.25) is 0 Å². The summed E-state index contributed by atoms with van der Waals surface area (Å²) in [5.41, 5.74) is 0.416. The van der Waals surface area contributed by atoms with Crippen LogP contribution in [-0.2, 0) is 44.5 Å². The van der Waals surface area contributed by atoms with Crippen LogP contribution in [0.4, 0.5) is 0 Å². The standard InChI is InChI=1S/C32H40N4O9/c1-15-12-16(2)32-20(13-22(41-5)31(40)43-27(15)18(4)42-24(37)14-23-33-35-36-34-23)10-11-21-25(32)26(38)17(3)28(29(21)45-32)44-30(39)19-8-6-7-9-19/h6-8,10-12,15,17-18,20-22,25-29,38H,9,13-14H2,1-5H3,(H,33,34,35,36)/b16-12+/t15-,17-,18-,20-,21?,22+,25?,26?,27+,28-,29-,32+/m1/s1. The highest BCUT2D eigenvalue weighted by Gasteiger charge is 2.69. The van der Waals surface area contributed by atoms with E-state index in [4.69, 9.17) is 23.7 Å². The van der Waals surface area contributed by atoms with E-state index in [0.717, 1.165) is 5.57 Å². The second-order valence-corrected chi connectivity index (χ2v) is 12.8. The molecule has 242 valence electrons. The fourth-order valence-electron chi connectivity index (χ4n) is 7.99. The zero-order valence-corrected chi connectivity index (χ0v) is 26.0. The summed E-state index contributed by atoms with van der Waals surface area (Å²) in [7, 11) is 1.45. The van der Waals surface area contributed by atoms with Gasteiger partial charge in [0, 0.05) is 42.3 Å². The lowest BCUT2D eigenvalue weighted by molar-refractivity contribution is -0.179. The number of aliphatic hydroxyl groups is 1. The highest BCUT2D eigenvalue weighted by Crippen LogP contribution is 2.61. The van der Waals surface area contributed by atoms with E-state index >= 15 is 0 Å². The van der Waals surface area contributed by atoms with Gasteiger partial charge in [-0.2, -0.15) is 5.21 Å². The Morgan fingerprint density at radius 2 is 2.07 bits per heavy atom. The number of H-pyrrole nitrogens is 1. The van der Waals surface area contributed by atoms with Crippen LogP contribution in [0.15, 0.2) is 47.6 Å². The predicted octanol–water partition coefficient (Wildman–Crippen LogP) is 1.95. The fraction of sp³-hybridized carbons (Fsp3) is 0.625. The molecule has 12 atom stereocenters. The highest BCUT2D eigenvalue weighted by atomic mass is 16.6. The smallest absolute Gasteiger partial charge is 0.335 e. The van der Waals surface area contributed by atoms with E-state index in [0.29, 0.717) is 12.0 Å². The van der Waals surface area contributed by atoms with Crippen LogP contribution < -0.4 is 0 Å². The number of aromatic amines is 1. The minimum absolute atomic E-state index is 0.182. The zero-order valence-electron chi connectivity index (χ0n) is 26.0. The van der Waals surface area contributed by atoms with Crippen LogP contribution in [0.3, 0.4) is 0 Å². The number of aromatic nitrogens is 4. The summed E-state index contributed by atoms with van der Waals surface area (Å²) in [5, 5.41) is 25.2. The number of aliphatic hydroxyl groups excluding tert-OH is 1. The van der Waals surface area contributed by atoms with Crippen molar-refractivity contribution < 1.29 is 43.2 Å². The molecular formula is C32H40N4O9. The van der Waals surface area contributed by atoms with Gasteiger partial charge in [0.25, 0.3) is 0 Å².